The van der Waals surface area contributed by atoms with Gasteiger partial charge in [0.25, 0.3) is 0 Å². The first kappa shape index (κ1) is 7.31. The summed E-state index contributed by atoms with van der Waals surface area (Å²) < 4.78 is 1.96. The standard InChI is InChI=1S/C9H10N2O/c1-7-3-2-4-9-10-8(6-12)5-11(7)9/h2-5,12H,6H2,1H3. The van der Waals surface area contributed by atoms with Gasteiger partial charge in [-0.1, -0.05) is 6.07 Å². The molecule has 0 bridgehead atoms. The molecule has 0 aliphatic heterocycles. The molecule has 0 aromatic carbocycles. The van der Waals surface area contributed by atoms with Gasteiger partial charge in [-0.15, -0.1) is 0 Å². The van der Waals surface area contributed by atoms with Crippen LogP contribution in [0.5, 0.6) is 0 Å². The lowest BCUT2D eigenvalue weighted by Crippen LogP contribution is -1.86. The number of imidazole rings is 1. The van der Waals surface area contributed by atoms with Crippen molar-refractivity contribution in [1.29, 1.82) is 0 Å². The highest BCUT2D eigenvalue weighted by atomic mass is 16.3. The minimum absolute atomic E-state index is 0.00111. The Labute approximate surface area is 70.3 Å². The second-order valence-electron chi connectivity index (χ2n) is 2.79. The maximum Gasteiger partial charge on any atom is 0.137 e. The summed E-state index contributed by atoms with van der Waals surface area (Å²) >= 11 is 0. The Bertz CT molecular complexity index is 406. The molecule has 1 N–H and O–H groups in total. The number of aryl methyl sites for hydroxylation is 1. The Hall–Kier alpha value is -1.35. The van der Waals surface area contributed by atoms with Gasteiger partial charge in [0.05, 0.1) is 12.3 Å². The molecule has 0 fully saturated rings. The second kappa shape index (κ2) is 2.60. The molecule has 3 nitrogen and oxygen atoms in total. The Morgan fingerprint density at radius 3 is 3.00 bits per heavy atom. The first-order chi connectivity index (χ1) is 5.81. The first-order valence-electron chi connectivity index (χ1n) is 3.86. The maximum absolute atomic E-state index is 8.85. The van der Waals surface area contributed by atoms with Crippen molar-refractivity contribution in [3.63, 3.8) is 0 Å². The Morgan fingerprint density at radius 2 is 2.33 bits per heavy atom. The van der Waals surface area contributed by atoms with Crippen LogP contribution in [0.2, 0.25) is 0 Å². The van der Waals surface area contributed by atoms with Gasteiger partial charge >= 0.3 is 0 Å². The van der Waals surface area contributed by atoms with Crippen molar-refractivity contribution in [1.82, 2.24) is 9.38 Å². The van der Waals surface area contributed by atoms with Crippen LogP contribution in [-0.4, -0.2) is 14.5 Å². The summed E-state index contributed by atoms with van der Waals surface area (Å²) in [5.41, 5.74) is 2.73. The van der Waals surface area contributed by atoms with Crippen LogP contribution in [0.1, 0.15) is 11.4 Å². The molecule has 0 unspecified atom stereocenters. The van der Waals surface area contributed by atoms with Crippen molar-refractivity contribution in [3.8, 4) is 0 Å². The molecule has 0 aliphatic rings. The molecule has 12 heavy (non-hydrogen) atoms. The van der Waals surface area contributed by atoms with Crippen LogP contribution in [0.4, 0.5) is 0 Å². The third kappa shape index (κ3) is 0.987. The number of fused-ring (bicyclic) bond motifs is 1. The lowest BCUT2D eigenvalue weighted by molar-refractivity contribution is 0.277. The van der Waals surface area contributed by atoms with Crippen LogP contribution in [0.15, 0.2) is 24.4 Å². The number of hydrogen-bond donors (Lipinski definition) is 1. The van der Waals surface area contributed by atoms with Crippen molar-refractivity contribution in [3.05, 3.63) is 35.8 Å². The second-order valence-corrected chi connectivity index (χ2v) is 2.79. The van der Waals surface area contributed by atoms with E-state index in [-0.39, 0.29) is 6.61 Å². The number of nitrogens with zero attached hydrogens (tertiary/aromatic N) is 2. The zero-order valence-electron chi connectivity index (χ0n) is 6.86. The van der Waals surface area contributed by atoms with E-state index >= 15 is 0 Å². The molecule has 0 atom stereocenters. The van der Waals surface area contributed by atoms with Gasteiger partial charge in [0.2, 0.25) is 0 Å². The summed E-state index contributed by atoms with van der Waals surface area (Å²) in [6.45, 7) is 2.01. The van der Waals surface area contributed by atoms with Crippen LogP contribution in [0.25, 0.3) is 5.65 Å². The van der Waals surface area contributed by atoms with Crippen LogP contribution in [0, 0.1) is 6.92 Å². The third-order valence-electron chi connectivity index (χ3n) is 1.91. The van der Waals surface area contributed by atoms with Crippen molar-refractivity contribution in [2.24, 2.45) is 0 Å². The van der Waals surface area contributed by atoms with Crippen molar-refractivity contribution < 1.29 is 5.11 Å². The highest BCUT2D eigenvalue weighted by molar-refractivity contribution is 5.41. The highest BCUT2D eigenvalue weighted by Gasteiger charge is 2.00. The summed E-state index contributed by atoms with van der Waals surface area (Å²) in [6, 6.07) is 5.89. The minimum atomic E-state index is 0.00111. The molecule has 0 saturated carbocycles. The van der Waals surface area contributed by atoms with E-state index in [0.717, 1.165) is 11.3 Å². The lowest BCUT2D eigenvalue weighted by atomic mass is 10.4. The van der Waals surface area contributed by atoms with Gasteiger partial charge in [-0.25, -0.2) is 4.98 Å². The average molecular weight is 162 g/mol. The molecular formula is C9H10N2O. The van der Waals surface area contributed by atoms with Gasteiger partial charge in [0, 0.05) is 11.9 Å². The first-order valence-corrected chi connectivity index (χ1v) is 3.86. The van der Waals surface area contributed by atoms with E-state index in [1.807, 2.05) is 35.7 Å². The topological polar surface area (TPSA) is 37.5 Å². The van der Waals surface area contributed by atoms with E-state index in [2.05, 4.69) is 4.98 Å². The quantitative estimate of drug-likeness (QED) is 0.682. The van der Waals surface area contributed by atoms with Crippen molar-refractivity contribution in [2.75, 3.05) is 0 Å². The fourth-order valence-corrected chi connectivity index (χ4v) is 1.28. The third-order valence-corrected chi connectivity index (χ3v) is 1.91. The Morgan fingerprint density at radius 1 is 1.50 bits per heavy atom. The number of aromatic nitrogens is 2. The molecule has 2 aromatic heterocycles. The largest absolute Gasteiger partial charge is 0.390 e. The van der Waals surface area contributed by atoms with Crippen LogP contribution < -0.4 is 0 Å². The molecule has 0 saturated heterocycles. The fraction of sp³-hybridized carbons (Fsp3) is 0.222. The zero-order chi connectivity index (χ0) is 8.55. The fourth-order valence-electron chi connectivity index (χ4n) is 1.28. The van der Waals surface area contributed by atoms with Gasteiger partial charge in [0.15, 0.2) is 0 Å². The summed E-state index contributed by atoms with van der Waals surface area (Å²) in [5, 5.41) is 8.85. The summed E-state index contributed by atoms with van der Waals surface area (Å²) in [7, 11) is 0. The number of aliphatic hydroxyl groups excluding tert-OH is 1. The van der Waals surface area contributed by atoms with E-state index < -0.39 is 0 Å². The molecule has 2 heterocycles. The summed E-state index contributed by atoms with van der Waals surface area (Å²) in [5.74, 6) is 0. The van der Waals surface area contributed by atoms with Crippen LogP contribution >= 0.6 is 0 Å². The van der Waals surface area contributed by atoms with E-state index in [1.54, 1.807) is 0 Å². The molecule has 2 rings (SSSR count). The molecule has 0 radical (unpaired) electrons. The average Bonchev–Trinajstić information content (AvgIpc) is 2.49. The van der Waals surface area contributed by atoms with Crippen LogP contribution in [-0.2, 0) is 6.61 Å². The van der Waals surface area contributed by atoms with Gasteiger partial charge in [-0.3, -0.25) is 0 Å². The molecule has 0 spiro atoms. The monoisotopic (exact) mass is 162 g/mol. The van der Waals surface area contributed by atoms with Gasteiger partial charge in [0.1, 0.15) is 5.65 Å². The van der Waals surface area contributed by atoms with E-state index in [4.69, 9.17) is 5.11 Å². The predicted octanol–water partition coefficient (Wildman–Crippen LogP) is 1.14. The summed E-state index contributed by atoms with van der Waals surface area (Å²) in [6.07, 6.45) is 1.85. The number of pyridine rings is 1. The molecule has 0 aliphatic carbocycles. The lowest BCUT2D eigenvalue weighted by Gasteiger charge is -1.95. The molecule has 2 aromatic rings. The zero-order valence-corrected chi connectivity index (χ0v) is 6.86. The summed E-state index contributed by atoms with van der Waals surface area (Å²) in [4.78, 5) is 4.20. The number of hydrogen-bond acceptors (Lipinski definition) is 2. The molecule has 0 amide bonds. The highest BCUT2D eigenvalue weighted by Crippen LogP contribution is 2.07. The SMILES string of the molecule is Cc1cccc2nc(CO)cn12. The minimum Gasteiger partial charge on any atom is -0.390 e. The van der Waals surface area contributed by atoms with E-state index in [9.17, 15) is 0 Å². The Kier molecular flexibility index (Phi) is 1.59. The molecule has 62 valence electrons. The van der Waals surface area contributed by atoms with Crippen LogP contribution in [0.3, 0.4) is 0 Å². The van der Waals surface area contributed by atoms with E-state index in [0.29, 0.717) is 5.69 Å². The van der Waals surface area contributed by atoms with Gasteiger partial charge in [-0.2, -0.15) is 0 Å². The normalized spacial score (nSPS) is 10.8. The Balaban J connectivity index is 2.74. The molecule has 3 heteroatoms. The van der Waals surface area contributed by atoms with Crippen molar-refractivity contribution in [2.45, 2.75) is 13.5 Å². The van der Waals surface area contributed by atoms with Crippen molar-refractivity contribution >= 4 is 5.65 Å². The number of aliphatic hydroxyl groups is 1. The smallest absolute Gasteiger partial charge is 0.137 e. The predicted molar refractivity (Wildman–Crippen MR) is 45.9 cm³/mol. The van der Waals surface area contributed by atoms with E-state index in [1.165, 1.54) is 0 Å². The number of rotatable bonds is 1. The maximum atomic E-state index is 8.85. The molecular weight excluding hydrogens is 152 g/mol. The van der Waals surface area contributed by atoms with Gasteiger partial charge in [-0.05, 0) is 19.1 Å². The van der Waals surface area contributed by atoms with Gasteiger partial charge < -0.3 is 9.51 Å².